The monoisotopic (exact) mass is 358 g/mol. The van der Waals surface area contributed by atoms with Gasteiger partial charge in [0.25, 0.3) is 5.91 Å². The number of carbonyl (C=O) groups is 1. The van der Waals surface area contributed by atoms with Gasteiger partial charge in [-0.25, -0.2) is 23.1 Å². The summed E-state index contributed by atoms with van der Waals surface area (Å²) in [6, 6.07) is 10.2. The van der Waals surface area contributed by atoms with Crippen molar-refractivity contribution in [1.29, 1.82) is 0 Å². The van der Waals surface area contributed by atoms with Crippen LogP contribution in [0.5, 0.6) is 0 Å². The number of benzene rings is 2. The van der Waals surface area contributed by atoms with E-state index in [4.69, 9.17) is 0 Å². The Morgan fingerprint density at radius 1 is 0.962 bits per heavy atom. The summed E-state index contributed by atoms with van der Waals surface area (Å²) in [5, 5.41) is 5.00. The van der Waals surface area contributed by atoms with E-state index in [1.54, 1.807) is 13.0 Å². The minimum absolute atomic E-state index is 0.0981. The van der Waals surface area contributed by atoms with E-state index in [1.807, 2.05) is 0 Å². The normalized spacial score (nSPS) is 10.5. The zero-order valence-corrected chi connectivity index (χ0v) is 13.6. The largest absolute Gasteiger partial charge is 0.340 e. The molecule has 3 rings (SSSR count). The highest BCUT2D eigenvalue weighted by molar-refractivity contribution is 6.03. The number of anilines is 3. The average molecular weight is 358 g/mol. The number of carbonyl (C=O) groups excluding carboxylic acids is 1. The molecule has 0 aliphatic carbocycles. The smallest absolute Gasteiger partial charge is 0.274 e. The van der Waals surface area contributed by atoms with Crippen LogP contribution in [0, 0.1) is 24.4 Å². The van der Waals surface area contributed by atoms with Crippen LogP contribution in [-0.4, -0.2) is 15.9 Å². The second kappa shape index (κ2) is 7.22. The fourth-order valence-corrected chi connectivity index (χ4v) is 2.26. The van der Waals surface area contributed by atoms with Crippen molar-refractivity contribution in [3.8, 4) is 0 Å². The maximum atomic E-state index is 13.7. The van der Waals surface area contributed by atoms with Crippen LogP contribution >= 0.6 is 0 Å². The van der Waals surface area contributed by atoms with Gasteiger partial charge in [0.2, 0.25) is 0 Å². The highest BCUT2D eigenvalue weighted by Gasteiger charge is 2.16. The summed E-state index contributed by atoms with van der Waals surface area (Å²) in [7, 11) is 0. The van der Waals surface area contributed by atoms with E-state index in [1.165, 1.54) is 30.3 Å². The molecule has 0 radical (unpaired) electrons. The van der Waals surface area contributed by atoms with Crippen LogP contribution < -0.4 is 10.6 Å². The van der Waals surface area contributed by atoms with Gasteiger partial charge < -0.3 is 10.6 Å². The first-order valence-corrected chi connectivity index (χ1v) is 7.56. The van der Waals surface area contributed by atoms with Crippen molar-refractivity contribution in [2.75, 3.05) is 10.6 Å². The molecule has 0 aliphatic heterocycles. The summed E-state index contributed by atoms with van der Waals surface area (Å²) < 4.78 is 40.6. The van der Waals surface area contributed by atoms with Crippen LogP contribution in [0.4, 0.5) is 30.4 Å². The zero-order chi connectivity index (χ0) is 18.7. The van der Waals surface area contributed by atoms with Crippen LogP contribution in [0.1, 0.15) is 16.3 Å². The molecule has 0 fully saturated rings. The number of nitrogens with one attached hydrogen (secondary N) is 2. The van der Waals surface area contributed by atoms with Gasteiger partial charge in [-0.05, 0) is 37.3 Å². The molecule has 1 aromatic heterocycles. The highest BCUT2D eigenvalue weighted by Crippen LogP contribution is 2.20. The molecule has 0 spiro atoms. The van der Waals surface area contributed by atoms with Gasteiger partial charge in [0.15, 0.2) is 0 Å². The van der Waals surface area contributed by atoms with Gasteiger partial charge in [-0.2, -0.15) is 0 Å². The molecule has 1 heterocycles. The Balaban J connectivity index is 1.86. The number of amides is 1. The van der Waals surface area contributed by atoms with Crippen molar-refractivity contribution in [1.82, 2.24) is 9.97 Å². The molecule has 0 saturated carbocycles. The number of nitrogens with zero attached hydrogens (tertiary/aromatic N) is 2. The van der Waals surface area contributed by atoms with Crippen LogP contribution in [0.2, 0.25) is 0 Å². The average Bonchev–Trinajstić information content (AvgIpc) is 2.57. The van der Waals surface area contributed by atoms with Gasteiger partial charge in [0.05, 0.1) is 0 Å². The lowest BCUT2D eigenvalue weighted by molar-refractivity contribution is 0.102. The molecule has 26 heavy (non-hydrogen) atoms. The number of hydrogen-bond acceptors (Lipinski definition) is 4. The molecule has 0 saturated heterocycles. The third-order valence-corrected chi connectivity index (χ3v) is 3.37. The molecule has 8 heteroatoms. The number of rotatable bonds is 4. The Morgan fingerprint density at radius 3 is 2.35 bits per heavy atom. The minimum Gasteiger partial charge on any atom is -0.340 e. The Labute approximate surface area is 146 Å². The van der Waals surface area contributed by atoms with Crippen molar-refractivity contribution in [3.05, 3.63) is 77.5 Å². The second-order valence-electron chi connectivity index (χ2n) is 5.37. The van der Waals surface area contributed by atoms with E-state index >= 15 is 0 Å². The SMILES string of the molecule is Cc1nc(Nc2cccc(F)c2)cc(C(=O)Nc2c(F)cccc2F)n1. The standard InChI is InChI=1S/C18H13F3N4O/c1-10-22-15(18(26)25-17-13(20)6-3-7-14(17)21)9-16(23-10)24-12-5-2-4-11(19)8-12/h2-9H,1H3,(H,25,26)(H,22,23,24). The van der Waals surface area contributed by atoms with Crippen LogP contribution in [0.15, 0.2) is 48.5 Å². The lowest BCUT2D eigenvalue weighted by atomic mass is 10.2. The molecule has 132 valence electrons. The second-order valence-corrected chi connectivity index (χ2v) is 5.37. The molecule has 3 aromatic rings. The number of hydrogen-bond donors (Lipinski definition) is 2. The van der Waals surface area contributed by atoms with Gasteiger partial charge in [-0.15, -0.1) is 0 Å². The third kappa shape index (κ3) is 3.97. The molecule has 0 aliphatic rings. The van der Waals surface area contributed by atoms with Gasteiger partial charge in [-0.1, -0.05) is 12.1 Å². The first-order chi connectivity index (χ1) is 12.4. The maximum Gasteiger partial charge on any atom is 0.274 e. The fourth-order valence-electron chi connectivity index (χ4n) is 2.26. The van der Waals surface area contributed by atoms with E-state index in [2.05, 4.69) is 20.6 Å². The third-order valence-electron chi connectivity index (χ3n) is 3.37. The summed E-state index contributed by atoms with van der Waals surface area (Å²) in [5.41, 5.74) is -0.234. The molecule has 2 N–H and O–H groups in total. The predicted molar refractivity (Wildman–Crippen MR) is 90.8 cm³/mol. The molecular formula is C18H13F3N4O. The zero-order valence-electron chi connectivity index (χ0n) is 13.6. The van der Waals surface area contributed by atoms with Crippen molar-refractivity contribution in [2.24, 2.45) is 0 Å². The quantitative estimate of drug-likeness (QED) is 0.734. The van der Waals surface area contributed by atoms with Crippen LogP contribution in [-0.2, 0) is 0 Å². The molecule has 1 amide bonds. The Kier molecular flexibility index (Phi) is 4.83. The Bertz CT molecular complexity index is 958. The summed E-state index contributed by atoms with van der Waals surface area (Å²) in [5.74, 6) is -2.55. The molecule has 0 bridgehead atoms. The molecule has 2 aromatic carbocycles. The highest BCUT2D eigenvalue weighted by atomic mass is 19.1. The molecule has 0 unspecified atom stereocenters. The van der Waals surface area contributed by atoms with Gasteiger partial charge in [-0.3, -0.25) is 4.79 Å². The maximum absolute atomic E-state index is 13.7. The summed E-state index contributed by atoms with van der Waals surface area (Å²) >= 11 is 0. The minimum atomic E-state index is -0.901. The molecule has 0 atom stereocenters. The van der Waals surface area contributed by atoms with Crippen LogP contribution in [0.3, 0.4) is 0 Å². The van der Waals surface area contributed by atoms with Gasteiger partial charge in [0, 0.05) is 11.8 Å². The number of aromatic nitrogens is 2. The summed E-state index contributed by atoms with van der Waals surface area (Å²) in [6.45, 7) is 1.55. The topological polar surface area (TPSA) is 66.9 Å². The summed E-state index contributed by atoms with van der Waals surface area (Å²) in [6.07, 6.45) is 0. The van der Waals surface area contributed by atoms with Crippen molar-refractivity contribution < 1.29 is 18.0 Å². The van der Waals surface area contributed by atoms with Crippen molar-refractivity contribution in [2.45, 2.75) is 6.92 Å². The Hall–Kier alpha value is -3.42. The number of halogens is 3. The van der Waals surface area contributed by atoms with E-state index in [0.717, 1.165) is 12.1 Å². The number of para-hydroxylation sites is 1. The van der Waals surface area contributed by atoms with E-state index in [0.29, 0.717) is 5.69 Å². The van der Waals surface area contributed by atoms with Crippen molar-refractivity contribution in [3.63, 3.8) is 0 Å². The first-order valence-electron chi connectivity index (χ1n) is 7.56. The predicted octanol–water partition coefficient (Wildman–Crippen LogP) is 4.20. The van der Waals surface area contributed by atoms with E-state index in [-0.39, 0.29) is 17.3 Å². The van der Waals surface area contributed by atoms with E-state index < -0.39 is 29.0 Å². The van der Waals surface area contributed by atoms with Gasteiger partial charge >= 0.3 is 0 Å². The lowest BCUT2D eigenvalue weighted by Crippen LogP contribution is -2.17. The number of aryl methyl sites for hydroxylation is 1. The Morgan fingerprint density at radius 2 is 1.65 bits per heavy atom. The first kappa shape index (κ1) is 17.4. The van der Waals surface area contributed by atoms with Gasteiger partial charge in [0.1, 0.15) is 40.5 Å². The summed E-state index contributed by atoms with van der Waals surface area (Å²) in [4.78, 5) is 20.4. The van der Waals surface area contributed by atoms with Crippen molar-refractivity contribution >= 4 is 23.1 Å². The fraction of sp³-hybridized carbons (Fsp3) is 0.0556. The molecular weight excluding hydrogens is 345 g/mol. The molecule has 5 nitrogen and oxygen atoms in total. The van der Waals surface area contributed by atoms with E-state index in [9.17, 15) is 18.0 Å². The van der Waals surface area contributed by atoms with Crippen LogP contribution in [0.25, 0.3) is 0 Å². The lowest BCUT2D eigenvalue weighted by Gasteiger charge is -2.10.